The summed E-state index contributed by atoms with van der Waals surface area (Å²) in [6.45, 7) is 13.8. The largest absolute Gasteiger partial charge is 0.393 e. The van der Waals surface area contributed by atoms with Crippen molar-refractivity contribution in [3.05, 3.63) is 24.8 Å². The van der Waals surface area contributed by atoms with E-state index in [4.69, 9.17) is 0 Å². The Labute approximate surface area is 105 Å². The van der Waals surface area contributed by atoms with E-state index in [-0.39, 0.29) is 17.9 Å². The van der Waals surface area contributed by atoms with Crippen LogP contribution in [-0.4, -0.2) is 22.4 Å². The van der Waals surface area contributed by atoms with Gasteiger partial charge in [0.1, 0.15) is 0 Å². The number of allylic oxidation sites excluding steroid dienone is 2. The minimum absolute atomic E-state index is 0.0773. The molecule has 1 unspecified atom stereocenters. The summed E-state index contributed by atoms with van der Waals surface area (Å²) in [5.74, 6) is 0.485. The fourth-order valence-corrected chi connectivity index (χ4v) is 3.03. The molecule has 98 valence electrons. The van der Waals surface area contributed by atoms with Gasteiger partial charge in [-0.15, -0.1) is 6.58 Å². The predicted molar refractivity (Wildman–Crippen MR) is 71.7 cm³/mol. The molecular weight excluding hydrogens is 212 g/mol. The summed E-state index contributed by atoms with van der Waals surface area (Å²) in [6, 6.07) is 0. The molecule has 1 aliphatic carbocycles. The van der Waals surface area contributed by atoms with Gasteiger partial charge in [0, 0.05) is 0 Å². The Morgan fingerprint density at radius 2 is 2.18 bits per heavy atom. The molecule has 1 rings (SSSR count). The summed E-state index contributed by atoms with van der Waals surface area (Å²) in [4.78, 5) is 0. The first-order valence-corrected chi connectivity index (χ1v) is 6.39. The summed E-state index contributed by atoms with van der Waals surface area (Å²) in [7, 11) is 0. The van der Waals surface area contributed by atoms with Crippen molar-refractivity contribution in [2.24, 2.45) is 17.3 Å². The van der Waals surface area contributed by atoms with Crippen LogP contribution in [0.1, 0.15) is 40.0 Å². The maximum atomic E-state index is 10.2. The van der Waals surface area contributed by atoms with E-state index in [2.05, 4.69) is 20.1 Å². The maximum Gasteiger partial charge on any atom is 0.0877 e. The second kappa shape index (κ2) is 4.95. The molecule has 2 N–H and O–H groups in total. The molecule has 2 nitrogen and oxygen atoms in total. The van der Waals surface area contributed by atoms with Gasteiger partial charge in [0.05, 0.1) is 12.2 Å². The van der Waals surface area contributed by atoms with Crippen molar-refractivity contribution >= 4 is 0 Å². The Balaban J connectivity index is 2.90. The number of rotatable bonds is 4. The molecule has 0 heterocycles. The molecule has 17 heavy (non-hydrogen) atoms. The number of hydrogen-bond donors (Lipinski definition) is 2. The highest BCUT2D eigenvalue weighted by Crippen LogP contribution is 2.49. The lowest BCUT2D eigenvalue weighted by molar-refractivity contribution is -0.0731. The lowest BCUT2D eigenvalue weighted by atomic mass is 9.60. The molecule has 0 bridgehead atoms. The van der Waals surface area contributed by atoms with E-state index in [1.54, 1.807) is 6.92 Å². The molecule has 1 fully saturated rings. The molecule has 0 aliphatic heterocycles. The quantitative estimate of drug-likeness (QED) is 0.739. The molecule has 0 aromatic carbocycles. The van der Waals surface area contributed by atoms with Crippen LogP contribution in [0.4, 0.5) is 0 Å². The zero-order chi connectivity index (χ0) is 13.3. The second-order valence-electron chi connectivity index (χ2n) is 6.10. The molecule has 0 radical (unpaired) electrons. The van der Waals surface area contributed by atoms with Gasteiger partial charge >= 0.3 is 0 Å². The monoisotopic (exact) mass is 238 g/mol. The predicted octanol–water partition coefficient (Wildman–Crippen LogP) is 2.91. The first kappa shape index (κ1) is 14.5. The standard InChI is InChI=1S/C15H26O2/c1-6-14(4)8-7-12(15(5,17)10-16)9-13(14)11(2)3/h6,12-13,16-17H,1-2,7-10H2,3-5H3/t12?,13-,14+,15-/m0/s1. The van der Waals surface area contributed by atoms with Gasteiger partial charge < -0.3 is 10.2 Å². The highest BCUT2D eigenvalue weighted by molar-refractivity contribution is 5.13. The van der Waals surface area contributed by atoms with Crippen LogP contribution in [0.15, 0.2) is 24.8 Å². The minimum atomic E-state index is -0.976. The number of aliphatic hydroxyl groups is 2. The van der Waals surface area contributed by atoms with Crippen molar-refractivity contribution in [2.75, 3.05) is 6.61 Å². The van der Waals surface area contributed by atoms with Crippen molar-refractivity contribution in [1.82, 2.24) is 0 Å². The molecule has 1 aliphatic rings. The first-order valence-electron chi connectivity index (χ1n) is 6.39. The highest BCUT2D eigenvalue weighted by Gasteiger charge is 2.43. The molecule has 1 saturated carbocycles. The van der Waals surface area contributed by atoms with Gasteiger partial charge in [-0.3, -0.25) is 0 Å². The zero-order valence-corrected chi connectivity index (χ0v) is 11.4. The smallest absolute Gasteiger partial charge is 0.0877 e. The summed E-state index contributed by atoms with van der Waals surface area (Å²) >= 11 is 0. The van der Waals surface area contributed by atoms with Crippen LogP contribution >= 0.6 is 0 Å². The fourth-order valence-electron chi connectivity index (χ4n) is 3.03. The van der Waals surface area contributed by atoms with Gasteiger partial charge in [-0.05, 0) is 50.4 Å². The van der Waals surface area contributed by atoms with Crippen LogP contribution in [0, 0.1) is 17.3 Å². The SMILES string of the molecule is C=C[C@]1(C)CCC([C@@](C)(O)CO)C[C@H]1C(=C)C. The topological polar surface area (TPSA) is 40.5 Å². The number of hydrogen-bond acceptors (Lipinski definition) is 2. The van der Waals surface area contributed by atoms with Crippen molar-refractivity contribution in [3.8, 4) is 0 Å². The van der Waals surface area contributed by atoms with E-state index in [9.17, 15) is 10.2 Å². The Morgan fingerprint density at radius 3 is 2.59 bits per heavy atom. The van der Waals surface area contributed by atoms with Gasteiger partial charge in [0.25, 0.3) is 0 Å². The van der Waals surface area contributed by atoms with Crippen LogP contribution in [0.2, 0.25) is 0 Å². The summed E-state index contributed by atoms with van der Waals surface area (Å²) in [5.41, 5.74) is 0.246. The van der Waals surface area contributed by atoms with E-state index in [1.807, 2.05) is 13.0 Å². The summed E-state index contributed by atoms with van der Waals surface area (Å²) in [6.07, 6.45) is 4.83. The van der Waals surface area contributed by atoms with Gasteiger partial charge in [0.2, 0.25) is 0 Å². The van der Waals surface area contributed by atoms with Crippen LogP contribution in [0.3, 0.4) is 0 Å². The minimum Gasteiger partial charge on any atom is -0.393 e. The average Bonchev–Trinajstić information content (AvgIpc) is 2.28. The van der Waals surface area contributed by atoms with E-state index in [1.165, 1.54) is 0 Å². The molecule has 2 heteroatoms. The molecule has 0 saturated heterocycles. The van der Waals surface area contributed by atoms with Crippen molar-refractivity contribution < 1.29 is 10.2 Å². The second-order valence-corrected chi connectivity index (χ2v) is 6.10. The van der Waals surface area contributed by atoms with Gasteiger partial charge in [0.15, 0.2) is 0 Å². The Bertz CT molecular complexity index is 306. The number of aliphatic hydroxyl groups excluding tert-OH is 1. The molecule has 0 aromatic rings. The summed E-state index contributed by atoms with van der Waals surface area (Å²) in [5, 5.41) is 19.5. The molecule has 4 atom stereocenters. The first-order chi connectivity index (χ1) is 7.77. The third kappa shape index (κ3) is 2.80. The lowest BCUT2D eigenvalue weighted by Crippen LogP contribution is -2.45. The van der Waals surface area contributed by atoms with E-state index in [0.29, 0.717) is 5.92 Å². The van der Waals surface area contributed by atoms with Crippen LogP contribution in [0.25, 0.3) is 0 Å². The van der Waals surface area contributed by atoms with Gasteiger partial charge in [-0.25, -0.2) is 0 Å². The van der Waals surface area contributed by atoms with Crippen LogP contribution in [0.5, 0.6) is 0 Å². The maximum absolute atomic E-state index is 10.2. The zero-order valence-electron chi connectivity index (χ0n) is 11.4. The van der Waals surface area contributed by atoms with Crippen molar-refractivity contribution in [3.63, 3.8) is 0 Å². The van der Waals surface area contributed by atoms with Gasteiger partial charge in [-0.1, -0.05) is 25.2 Å². The van der Waals surface area contributed by atoms with Crippen LogP contribution < -0.4 is 0 Å². The Hall–Kier alpha value is -0.600. The highest BCUT2D eigenvalue weighted by atomic mass is 16.3. The summed E-state index contributed by atoms with van der Waals surface area (Å²) < 4.78 is 0. The fraction of sp³-hybridized carbons (Fsp3) is 0.733. The molecule has 0 spiro atoms. The van der Waals surface area contributed by atoms with Crippen molar-refractivity contribution in [2.45, 2.75) is 45.6 Å². The molecular formula is C15H26O2. The third-order valence-corrected chi connectivity index (χ3v) is 4.61. The third-order valence-electron chi connectivity index (χ3n) is 4.61. The Morgan fingerprint density at radius 1 is 1.59 bits per heavy atom. The van der Waals surface area contributed by atoms with Crippen LogP contribution in [-0.2, 0) is 0 Å². The normalized spacial score (nSPS) is 37.2. The average molecular weight is 238 g/mol. The Kier molecular flexibility index (Phi) is 4.21. The van der Waals surface area contributed by atoms with E-state index >= 15 is 0 Å². The molecule has 0 aromatic heterocycles. The van der Waals surface area contributed by atoms with Crippen molar-refractivity contribution in [1.29, 1.82) is 0 Å². The molecule has 0 amide bonds. The van der Waals surface area contributed by atoms with E-state index in [0.717, 1.165) is 24.8 Å². The van der Waals surface area contributed by atoms with E-state index < -0.39 is 5.60 Å². The lowest BCUT2D eigenvalue weighted by Gasteiger charge is -2.46. The van der Waals surface area contributed by atoms with Gasteiger partial charge in [-0.2, -0.15) is 0 Å².